The van der Waals surface area contributed by atoms with E-state index in [1.165, 1.54) is 5.56 Å². The molecule has 1 aromatic carbocycles. The fourth-order valence-corrected chi connectivity index (χ4v) is 5.70. The van der Waals surface area contributed by atoms with E-state index in [4.69, 9.17) is 18.0 Å². The summed E-state index contributed by atoms with van der Waals surface area (Å²) in [5, 5.41) is 0. The summed E-state index contributed by atoms with van der Waals surface area (Å²) >= 11 is 0. The maximum Gasteiger partial charge on any atom is 0.501 e. The second-order valence-corrected chi connectivity index (χ2v) is 9.10. The van der Waals surface area contributed by atoms with Crippen molar-refractivity contribution >= 4 is 8.80 Å². The number of ether oxygens (including phenoxy) is 1. The molecule has 0 aliphatic carbocycles. The second-order valence-electron chi connectivity index (χ2n) is 6.53. The highest BCUT2D eigenvalue weighted by Gasteiger charge is 2.43. The van der Waals surface area contributed by atoms with Crippen LogP contribution in [-0.2, 0) is 19.7 Å². The van der Waals surface area contributed by atoms with Gasteiger partial charge in [-0.1, -0.05) is 12.1 Å². The van der Waals surface area contributed by atoms with Crippen molar-refractivity contribution in [3.63, 3.8) is 0 Å². The highest BCUT2D eigenvalue weighted by atomic mass is 28.4. The maximum atomic E-state index is 6.20. The first kappa shape index (κ1) is 20.2. The lowest BCUT2D eigenvalue weighted by Crippen LogP contribution is -2.51. The molecular weight excluding hydrogens is 308 g/mol. The van der Waals surface area contributed by atoms with Crippen molar-refractivity contribution in [1.82, 2.24) is 0 Å². The van der Waals surface area contributed by atoms with Crippen LogP contribution in [0.2, 0.25) is 6.04 Å². The van der Waals surface area contributed by atoms with Gasteiger partial charge in [0.25, 0.3) is 0 Å². The molecule has 0 spiro atoms. The van der Waals surface area contributed by atoms with Crippen LogP contribution in [0.1, 0.15) is 47.1 Å². The van der Waals surface area contributed by atoms with Crippen LogP contribution < -0.4 is 4.74 Å². The van der Waals surface area contributed by atoms with E-state index >= 15 is 0 Å². The van der Waals surface area contributed by atoms with E-state index in [1.807, 2.05) is 53.7 Å². The van der Waals surface area contributed by atoms with Gasteiger partial charge < -0.3 is 18.0 Å². The minimum absolute atomic E-state index is 0.0787. The summed E-state index contributed by atoms with van der Waals surface area (Å²) in [4.78, 5) is 0. The first-order valence-electron chi connectivity index (χ1n) is 8.42. The average molecular weight is 341 g/mol. The topological polar surface area (TPSA) is 36.9 Å². The van der Waals surface area contributed by atoms with E-state index in [0.717, 1.165) is 18.2 Å². The van der Waals surface area contributed by atoms with E-state index in [-0.39, 0.29) is 18.3 Å². The number of rotatable bonds is 10. The molecule has 0 aliphatic rings. The molecular formula is C18H32O4Si. The third-order valence-electron chi connectivity index (χ3n) is 3.12. The van der Waals surface area contributed by atoms with E-state index in [1.54, 1.807) is 7.11 Å². The molecule has 0 atom stereocenters. The monoisotopic (exact) mass is 340 g/mol. The lowest BCUT2D eigenvalue weighted by molar-refractivity contribution is 0.00331. The van der Waals surface area contributed by atoms with E-state index in [0.29, 0.717) is 0 Å². The summed E-state index contributed by atoms with van der Waals surface area (Å²) in [6, 6.07) is 8.90. The molecule has 132 valence electrons. The Hall–Kier alpha value is -0.883. The fourth-order valence-electron chi connectivity index (χ4n) is 2.43. The molecule has 0 saturated heterocycles. The molecule has 0 radical (unpaired) electrons. The fraction of sp³-hybridized carbons (Fsp3) is 0.667. The Morgan fingerprint density at radius 1 is 0.783 bits per heavy atom. The van der Waals surface area contributed by atoms with E-state index in [9.17, 15) is 0 Å². The zero-order valence-corrected chi connectivity index (χ0v) is 16.6. The van der Waals surface area contributed by atoms with Crippen LogP contribution in [0.25, 0.3) is 0 Å². The normalized spacial score (nSPS) is 12.4. The Labute approximate surface area is 142 Å². The van der Waals surface area contributed by atoms with Gasteiger partial charge in [0.15, 0.2) is 0 Å². The van der Waals surface area contributed by atoms with E-state index < -0.39 is 8.80 Å². The predicted molar refractivity (Wildman–Crippen MR) is 95.9 cm³/mol. The molecule has 23 heavy (non-hydrogen) atoms. The van der Waals surface area contributed by atoms with Gasteiger partial charge in [-0.15, -0.1) is 0 Å². The summed E-state index contributed by atoms with van der Waals surface area (Å²) in [6.45, 7) is 12.2. The van der Waals surface area contributed by atoms with Crippen molar-refractivity contribution in [2.24, 2.45) is 0 Å². The van der Waals surface area contributed by atoms with Gasteiger partial charge in [0.2, 0.25) is 0 Å². The average Bonchev–Trinajstić information content (AvgIpc) is 2.43. The van der Waals surface area contributed by atoms with Crippen molar-refractivity contribution < 1.29 is 18.0 Å². The summed E-state index contributed by atoms with van der Waals surface area (Å²) in [5.41, 5.74) is 1.23. The molecule has 0 unspecified atom stereocenters. The highest BCUT2D eigenvalue weighted by Crippen LogP contribution is 2.25. The van der Waals surface area contributed by atoms with Crippen LogP contribution in [0, 0.1) is 0 Å². The number of hydrogen-bond donors (Lipinski definition) is 0. The Bertz CT molecular complexity index is 416. The van der Waals surface area contributed by atoms with Crippen molar-refractivity contribution in [2.75, 3.05) is 7.11 Å². The molecule has 4 nitrogen and oxygen atoms in total. The van der Waals surface area contributed by atoms with Crippen LogP contribution >= 0.6 is 0 Å². The van der Waals surface area contributed by atoms with Crippen LogP contribution in [-0.4, -0.2) is 34.2 Å². The predicted octanol–water partition coefficient (Wildman–Crippen LogP) is 4.45. The largest absolute Gasteiger partial charge is 0.501 e. The van der Waals surface area contributed by atoms with Gasteiger partial charge >= 0.3 is 8.80 Å². The van der Waals surface area contributed by atoms with Gasteiger partial charge in [0.1, 0.15) is 5.75 Å². The molecule has 0 bridgehead atoms. The molecule has 1 rings (SSSR count). The Morgan fingerprint density at radius 2 is 1.22 bits per heavy atom. The lowest BCUT2D eigenvalue weighted by Gasteiger charge is -2.34. The molecule has 0 N–H and O–H groups in total. The SMILES string of the molecule is COc1ccc(CC[Si](OC(C)C)(OC(C)C)OC(C)C)cc1. The van der Waals surface area contributed by atoms with E-state index in [2.05, 4.69) is 12.1 Å². The lowest BCUT2D eigenvalue weighted by atomic mass is 10.2. The van der Waals surface area contributed by atoms with Gasteiger partial charge in [-0.2, -0.15) is 0 Å². The first-order chi connectivity index (χ1) is 10.8. The van der Waals surface area contributed by atoms with Crippen LogP contribution in [0.15, 0.2) is 24.3 Å². The molecule has 5 heteroatoms. The van der Waals surface area contributed by atoms with Gasteiger partial charge in [-0.25, -0.2) is 0 Å². The third-order valence-corrected chi connectivity index (χ3v) is 6.48. The minimum Gasteiger partial charge on any atom is -0.497 e. The highest BCUT2D eigenvalue weighted by molar-refractivity contribution is 6.60. The van der Waals surface area contributed by atoms with Gasteiger partial charge in [0, 0.05) is 24.4 Å². The summed E-state index contributed by atoms with van der Waals surface area (Å²) in [7, 11) is -1.04. The van der Waals surface area contributed by atoms with Gasteiger partial charge in [0.05, 0.1) is 7.11 Å². The Balaban J connectivity index is 2.87. The van der Waals surface area contributed by atoms with Gasteiger partial charge in [-0.3, -0.25) is 0 Å². The molecule has 0 amide bonds. The quantitative estimate of drug-likeness (QED) is 0.590. The van der Waals surface area contributed by atoms with Crippen molar-refractivity contribution in [3.05, 3.63) is 29.8 Å². The summed E-state index contributed by atoms with van der Waals surface area (Å²) in [5.74, 6) is 0.868. The van der Waals surface area contributed by atoms with Crippen molar-refractivity contribution in [2.45, 2.75) is 72.3 Å². The van der Waals surface area contributed by atoms with Crippen LogP contribution in [0.3, 0.4) is 0 Å². The van der Waals surface area contributed by atoms with Crippen LogP contribution in [0.5, 0.6) is 5.75 Å². The minimum atomic E-state index is -2.72. The standard InChI is InChI=1S/C18H32O4Si/c1-14(2)20-23(21-15(3)4,22-16(5)6)13-12-17-8-10-18(19-7)11-9-17/h8-11,14-16H,12-13H2,1-7H3. The van der Waals surface area contributed by atoms with Crippen LogP contribution in [0.4, 0.5) is 0 Å². The summed E-state index contributed by atoms with van der Waals surface area (Å²) < 4.78 is 23.8. The van der Waals surface area contributed by atoms with Gasteiger partial charge in [-0.05, 0) is 65.7 Å². The number of aryl methyl sites for hydroxylation is 1. The molecule has 0 fully saturated rings. The zero-order chi connectivity index (χ0) is 17.5. The number of methoxy groups -OCH3 is 1. The molecule has 0 saturated carbocycles. The number of benzene rings is 1. The number of hydrogen-bond acceptors (Lipinski definition) is 4. The Kier molecular flexibility index (Phi) is 8.26. The zero-order valence-electron chi connectivity index (χ0n) is 15.6. The molecule has 0 heterocycles. The third kappa shape index (κ3) is 7.48. The first-order valence-corrected chi connectivity index (χ1v) is 10.4. The van der Waals surface area contributed by atoms with Crippen molar-refractivity contribution in [3.8, 4) is 5.75 Å². The summed E-state index contributed by atoms with van der Waals surface area (Å²) in [6.07, 6.45) is 1.10. The molecule has 0 aromatic heterocycles. The second kappa shape index (κ2) is 9.42. The smallest absolute Gasteiger partial charge is 0.497 e. The maximum absolute atomic E-state index is 6.20. The molecule has 1 aromatic rings. The van der Waals surface area contributed by atoms with Crippen molar-refractivity contribution in [1.29, 1.82) is 0 Å². The molecule has 0 aliphatic heterocycles. The Morgan fingerprint density at radius 3 is 1.57 bits per heavy atom.